The van der Waals surface area contributed by atoms with Gasteiger partial charge in [-0.15, -0.1) is 0 Å². The molecule has 1 aliphatic heterocycles. The average Bonchev–Trinajstić information content (AvgIpc) is 2.85. The lowest BCUT2D eigenvalue weighted by Crippen LogP contribution is -2.36. The number of nitrogens with zero attached hydrogens (tertiary/aromatic N) is 1. The van der Waals surface area contributed by atoms with Crippen molar-refractivity contribution < 1.29 is 8.42 Å². The van der Waals surface area contributed by atoms with Crippen molar-refractivity contribution in [2.45, 2.75) is 35.8 Å². The van der Waals surface area contributed by atoms with Gasteiger partial charge in [0.05, 0.1) is 17.4 Å². The van der Waals surface area contributed by atoms with E-state index in [0.29, 0.717) is 13.0 Å². The van der Waals surface area contributed by atoms with Crippen molar-refractivity contribution in [3.8, 4) is 6.07 Å². The van der Waals surface area contributed by atoms with Crippen LogP contribution in [-0.2, 0) is 16.4 Å². The van der Waals surface area contributed by atoms with Crippen molar-refractivity contribution in [3.05, 3.63) is 29.8 Å². The van der Waals surface area contributed by atoms with Crippen LogP contribution in [0.3, 0.4) is 0 Å². The Kier molecular flexibility index (Phi) is 4.74. The van der Waals surface area contributed by atoms with E-state index in [1.165, 1.54) is 0 Å². The summed E-state index contributed by atoms with van der Waals surface area (Å²) in [5, 5.41) is 8.60. The fourth-order valence-electron chi connectivity index (χ4n) is 2.19. The second-order valence-electron chi connectivity index (χ2n) is 5.21. The van der Waals surface area contributed by atoms with Crippen LogP contribution in [0.1, 0.15) is 25.3 Å². The molecule has 0 aromatic heterocycles. The highest BCUT2D eigenvalue weighted by atomic mass is 32.2. The van der Waals surface area contributed by atoms with Gasteiger partial charge in [-0.1, -0.05) is 12.1 Å². The van der Waals surface area contributed by atoms with Crippen molar-refractivity contribution >= 4 is 21.8 Å². The molecule has 6 heteroatoms. The Morgan fingerprint density at radius 1 is 1.40 bits per heavy atom. The summed E-state index contributed by atoms with van der Waals surface area (Å²) in [7, 11) is -3.46. The van der Waals surface area contributed by atoms with E-state index in [1.54, 1.807) is 24.3 Å². The molecule has 1 atom stereocenters. The van der Waals surface area contributed by atoms with Gasteiger partial charge in [-0.05, 0) is 43.2 Å². The van der Waals surface area contributed by atoms with Gasteiger partial charge < -0.3 is 0 Å². The van der Waals surface area contributed by atoms with Crippen molar-refractivity contribution in [1.29, 1.82) is 5.26 Å². The molecule has 0 aliphatic carbocycles. The lowest BCUT2D eigenvalue weighted by atomic mass is 10.1. The predicted molar refractivity (Wildman–Crippen MR) is 81.0 cm³/mol. The van der Waals surface area contributed by atoms with Gasteiger partial charge in [0, 0.05) is 11.3 Å². The minimum absolute atomic E-state index is 0.00776. The Balaban J connectivity index is 2.04. The van der Waals surface area contributed by atoms with E-state index in [2.05, 4.69) is 11.6 Å². The monoisotopic (exact) mass is 310 g/mol. The molecule has 0 radical (unpaired) electrons. The fourth-order valence-corrected chi connectivity index (χ4v) is 4.69. The van der Waals surface area contributed by atoms with Gasteiger partial charge in [-0.25, -0.2) is 13.1 Å². The zero-order valence-electron chi connectivity index (χ0n) is 11.4. The molecule has 4 nitrogen and oxygen atoms in total. The molecule has 1 aliphatic rings. The topological polar surface area (TPSA) is 70.0 Å². The van der Waals surface area contributed by atoms with Crippen LogP contribution in [0.4, 0.5) is 0 Å². The maximum atomic E-state index is 12.2. The highest BCUT2D eigenvalue weighted by Crippen LogP contribution is 2.37. The van der Waals surface area contributed by atoms with Crippen LogP contribution in [-0.4, -0.2) is 25.5 Å². The molecule has 1 fully saturated rings. The zero-order valence-corrected chi connectivity index (χ0v) is 13.1. The largest absolute Gasteiger partial charge is 0.240 e. The third-order valence-corrected chi connectivity index (χ3v) is 6.41. The van der Waals surface area contributed by atoms with Crippen molar-refractivity contribution in [1.82, 2.24) is 4.72 Å². The number of hydrogen-bond acceptors (Lipinski definition) is 4. The number of hydrogen-bond donors (Lipinski definition) is 1. The Bertz CT molecular complexity index is 597. The molecule has 1 aromatic rings. The first-order chi connectivity index (χ1) is 9.45. The number of thioether (sulfide) groups is 1. The second kappa shape index (κ2) is 6.17. The Morgan fingerprint density at radius 3 is 2.65 bits per heavy atom. The lowest BCUT2D eigenvalue weighted by Gasteiger charge is -2.22. The molecule has 0 spiro atoms. The summed E-state index contributed by atoms with van der Waals surface area (Å²) < 4.78 is 27.1. The minimum Gasteiger partial charge on any atom is -0.210 e. The van der Waals surface area contributed by atoms with Gasteiger partial charge in [0.15, 0.2) is 0 Å². The summed E-state index contributed by atoms with van der Waals surface area (Å²) in [4.78, 5) is 0.255. The maximum absolute atomic E-state index is 12.2. The molecular weight excluding hydrogens is 292 g/mol. The molecule has 108 valence electrons. The van der Waals surface area contributed by atoms with E-state index in [4.69, 9.17) is 5.26 Å². The van der Waals surface area contributed by atoms with Crippen molar-refractivity contribution in [3.63, 3.8) is 0 Å². The summed E-state index contributed by atoms with van der Waals surface area (Å²) in [6.45, 7) is 2.56. The quantitative estimate of drug-likeness (QED) is 0.906. The molecule has 0 bridgehead atoms. The number of benzene rings is 1. The predicted octanol–water partition coefficient (Wildman–Crippen LogP) is 2.32. The fraction of sp³-hybridized carbons (Fsp3) is 0.500. The van der Waals surface area contributed by atoms with Crippen LogP contribution in [0.25, 0.3) is 0 Å². The molecule has 20 heavy (non-hydrogen) atoms. The minimum atomic E-state index is -3.46. The second-order valence-corrected chi connectivity index (χ2v) is 8.65. The number of rotatable bonds is 5. The van der Waals surface area contributed by atoms with Gasteiger partial charge >= 0.3 is 0 Å². The SMILES string of the molecule is CC1(CNS(=O)(=O)c2ccc(CC#N)cc2)CCCS1. The van der Waals surface area contributed by atoms with Gasteiger partial charge in [0.2, 0.25) is 10.0 Å². The first-order valence-corrected chi connectivity index (χ1v) is 9.02. The van der Waals surface area contributed by atoms with E-state index < -0.39 is 10.0 Å². The van der Waals surface area contributed by atoms with E-state index >= 15 is 0 Å². The molecule has 1 N–H and O–H groups in total. The van der Waals surface area contributed by atoms with Crippen LogP contribution >= 0.6 is 11.8 Å². The molecule has 0 amide bonds. The highest BCUT2D eigenvalue weighted by Gasteiger charge is 2.31. The maximum Gasteiger partial charge on any atom is 0.240 e. The van der Waals surface area contributed by atoms with E-state index in [0.717, 1.165) is 24.2 Å². The summed E-state index contributed by atoms with van der Waals surface area (Å²) in [5.41, 5.74) is 0.824. The van der Waals surface area contributed by atoms with Gasteiger partial charge in [0.25, 0.3) is 0 Å². The first-order valence-electron chi connectivity index (χ1n) is 6.55. The Hall–Kier alpha value is -1.03. The highest BCUT2D eigenvalue weighted by molar-refractivity contribution is 8.01. The van der Waals surface area contributed by atoms with E-state index in [1.807, 2.05) is 17.8 Å². The summed E-state index contributed by atoms with van der Waals surface area (Å²) in [5.74, 6) is 1.10. The third kappa shape index (κ3) is 3.75. The lowest BCUT2D eigenvalue weighted by molar-refractivity contribution is 0.552. The van der Waals surface area contributed by atoms with Crippen LogP contribution in [0.5, 0.6) is 0 Å². The molecule has 1 saturated heterocycles. The number of nitriles is 1. The van der Waals surface area contributed by atoms with E-state index in [9.17, 15) is 8.42 Å². The number of sulfonamides is 1. The molecule has 1 heterocycles. The molecule has 0 saturated carbocycles. The molecule has 2 rings (SSSR count). The van der Waals surface area contributed by atoms with E-state index in [-0.39, 0.29) is 9.64 Å². The summed E-state index contributed by atoms with van der Waals surface area (Å²) >= 11 is 1.83. The molecule has 1 unspecified atom stereocenters. The van der Waals surface area contributed by atoms with Crippen molar-refractivity contribution in [2.24, 2.45) is 0 Å². The smallest absolute Gasteiger partial charge is 0.210 e. The zero-order chi connectivity index (χ0) is 14.6. The van der Waals surface area contributed by atoms with Crippen LogP contribution in [0.15, 0.2) is 29.2 Å². The average molecular weight is 310 g/mol. The number of nitrogens with one attached hydrogen (secondary N) is 1. The van der Waals surface area contributed by atoms with Crippen molar-refractivity contribution in [2.75, 3.05) is 12.3 Å². The van der Waals surface area contributed by atoms with Crippen LogP contribution < -0.4 is 4.72 Å². The van der Waals surface area contributed by atoms with Gasteiger partial charge in [0.1, 0.15) is 0 Å². The normalized spacial score (nSPS) is 22.6. The first kappa shape index (κ1) is 15.4. The standard InChI is InChI=1S/C14H18N2O2S2/c1-14(8-2-10-19-14)11-16-20(17,18)13-5-3-12(4-6-13)7-9-15/h3-6,16H,2,7-8,10-11H2,1H3. The van der Waals surface area contributed by atoms with Crippen LogP contribution in [0.2, 0.25) is 0 Å². The molecular formula is C14H18N2O2S2. The van der Waals surface area contributed by atoms with Crippen LogP contribution in [0, 0.1) is 11.3 Å². The third-order valence-electron chi connectivity index (χ3n) is 3.45. The van der Waals surface area contributed by atoms with Gasteiger partial charge in [-0.3, -0.25) is 0 Å². The molecule has 1 aromatic carbocycles. The van der Waals surface area contributed by atoms with Gasteiger partial charge in [-0.2, -0.15) is 17.0 Å². The summed E-state index contributed by atoms with van der Waals surface area (Å²) in [6.07, 6.45) is 2.48. The summed E-state index contributed by atoms with van der Waals surface area (Å²) in [6, 6.07) is 8.52. The Morgan fingerprint density at radius 2 is 2.10 bits per heavy atom. The Labute approximate surface area is 124 Å².